The van der Waals surface area contributed by atoms with E-state index in [-0.39, 0.29) is 13.2 Å². The molecule has 0 aromatic heterocycles. The fourth-order valence-electron chi connectivity index (χ4n) is 3.35. The molecule has 0 heterocycles. The summed E-state index contributed by atoms with van der Waals surface area (Å²) < 4.78 is 0. The molecule has 0 aliphatic carbocycles. The van der Waals surface area contributed by atoms with Gasteiger partial charge in [0.1, 0.15) is 0 Å². The normalized spacial score (nSPS) is 16.3. The van der Waals surface area contributed by atoms with Gasteiger partial charge in [0.2, 0.25) is 0 Å². The molecule has 0 rings (SSSR count). The van der Waals surface area contributed by atoms with Crippen LogP contribution in [0.25, 0.3) is 0 Å². The second-order valence-corrected chi connectivity index (χ2v) is 7.60. The molecular weight excluding hydrogens is 288 g/mol. The van der Waals surface area contributed by atoms with E-state index in [4.69, 9.17) is 0 Å². The maximum atomic E-state index is 9.38. The Bertz CT molecular complexity index is 274. The average Bonchev–Trinajstić information content (AvgIpc) is 2.48. The minimum absolute atomic E-state index is 0.213. The summed E-state index contributed by atoms with van der Waals surface area (Å²) >= 11 is 0. The van der Waals surface area contributed by atoms with Crippen LogP contribution < -0.4 is 0 Å². The smallest absolute Gasteiger partial charge is 0.0558 e. The summed E-state index contributed by atoms with van der Waals surface area (Å²) in [6, 6.07) is 0.983. The Morgan fingerprint density at radius 2 is 1.13 bits per heavy atom. The Morgan fingerprint density at radius 1 is 0.696 bits per heavy atom. The van der Waals surface area contributed by atoms with Gasteiger partial charge in [-0.05, 0) is 38.5 Å². The van der Waals surface area contributed by atoms with E-state index in [1.807, 2.05) is 0 Å². The van der Waals surface area contributed by atoms with Crippen LogP contribution in [0.15, 0.2) is 0 Å². The molecule has 140 valence electrons. The number of nitrogens with zero attached hydrogens (tertiary/aromatic N) is 2. The molecule has 3 atom stereocenters. The summed E-state index contributed by atoms with van der Waals surface area (Å²) in [5.41, 5.74) is 0. The number of hydrogen-bond donors (Lipinski definition) is 2. The first-order valence-corrected chi connectivity index (χ1v) is 9.55. The molecule has 2 N–H and O–H groups in total. The first-order valence-electron chi connectivity index (χ1n) is 9.55. The molecule has 0 saturated carbocycles. The van der Waals surface area contributed by atoms with Crippen molar-refractivity contribution in [2.24, 2.45) is 11.8 Å². The summed E-state index contributed by atoms with van der Waals surface area (Å²) in [5, 5.41) is 18.7. The van der Waals surface area contributed by atoms with Crippen molar-refractivity contribution in [2.75, 3.05) is 39.4 Å². The number of aliphatic hydroxyl groups excluding tert-OH is 2. The van der Waals surface area contributed by atoms with Crippen molar-refractivity contribution in [3.05, 3.63) is 0 Å². The topological polar surface area (TPSA) is 46.9 Å². The highest BCUT2D eigenvalue weighted by Gasteiger charge is 2.19. The second kappa shape index (κ2) is 13.2. The molecule has 0 aromatic rings. The highest BCUT2D eigenvalue weighted by molar-refractivity contribution is 4.74. The number of rotatable bonds is 14. The lowest BCUT2D eigenvalue weighted by Crippen LogP contribution is -2.45. The SMILES string of the molecule is CCC(C)CC(C)N(CCO)CCN(CCO)C(C)CC(C)C. The minimum Gasteiger partial charge on any atom is -0.395 e. The highest BCUT2D eigenvalue weighted by Crippen LogP contribution is 2.15. The molecule has 0 aromatic carbocycles. The van der Waals surface area contributed by atoms with Gasteiger partial charge < -0.3 is 10.2 Å². The standard InChI is InChI=1S/C19H42N2O2/c1-7-17(4)15-19(6)21(11-13-23)9-8-20(10-12-22)18(5)14-16(2)3/h16-19,22-23H,7-15H2,1-6H3. The molecule has 0 amide bonds. The van der Waals surface area contributed by atoms with Gasteiger partial charge in [0, 0.05) is 38.3 Å². The van der Waals surface area contributed by atoms with Crippen molar-refractivity contribution < 1.29 is 10.2 Å². The summed E-state index contributed by atoms with van der Waals surface area (Å²) in [4.78, 5) is 4.79. The molecular formula is C19H42N2O2. The van der Waals surface area contributed by atoms with E-state index in [2.05, 4.69) is 51.3 Å². The maximum absolute atomic E-state index is 9.38. The predicted octanol–water partition coefficient (Wildman–Crippen LogP) is 2.83. The largest absolute Gasteiger partial charge is 0.395 e. The lowest BCUT2D eigenvalue weighted by Gasteiger charge is -2.35. The zero-order valence-corrected chi connectivity index (χ0v) is 16.5. The second-order valence-electron chi connectivity index (χ2n) is 7.60. The summed E-state index contributed by atoms with van der Waals surface area (Å²) in [5.74, 6) is 1.39. The van der Waals surface area contributed by atoms with Crippen molar-refractivity contribution in [1.29, 1.82) is 0 Å². The third-order valence-electron chi connectivity index (χ3n) is 4.95. The van der Waals surface area contributed by atoms with E-state index in [9.17, 15) is 10.2 Å². The van der Waals surface area contributed by atoms with Gasteiger partial charge in [-0.2, -0.15) is 0 Å². The van der Waals surface area contributed by atoms with Crippen LogP contribution in [0.5, 0.6) is 0 Å². The fourth-order valence-corrected chi connectivity index (χ4v) is 3.35. The van der Waals surface area contributed by atoms with E-state index in [1.165, 1.54) is 12.8 Å². The van der Waals surface area contributed by atoms with Crippen molar-refractivity contribution in [3.8, 4) is 0 Å². The summed E-state index contributed by atoms with van der Waals surface area (Å²) in [7, 11) is 0. The quantitative estimate of drug-likeness (QED) is 0.514. The zero-order chi connectivity index (χ0) is 17.8. The summed E-state index contributed by atoms with van der Waals surface area (Å²) in [6.45, 7) is 17.4. The Hall–Kier alpha value is -0.160. The third kappa shape index (κ3) is 10.3. The van der Waals surface area contributed by atoms with Crippen LogP contribution in [-0.4, -0.2) is 71.5 Å². The van der Waals surface area contributed by atoms with Gasteiger partial charge >= 0.3 is 0 Å². The molecule has 0 bridgehead atoms. The maximum Gasteiger partial charge on any atom is 0.0558 e. The number of hydrogen-bond acceptors (Lipinski definition) is 4. The van der Waals surface area contributed by atoms with Crippen LogP contribution in [-0.2, 0) is 0 Å². The first-order chi connectivity index (χ1) is 10.8. The molecule has 3 unspecified atom stereocenters. The van der Waals surface area contributed by atoms with Crippen molar-refractivity contribution in [1.82, 2.24) is 9.80 Å². The highest BCUT2D eigenvalue weighted by atomic mass is 16.3. The van der Waals surface area contributed by atoms with Gasteiger partial charge in [-0.1, -0.05) is 34.1 Å². The molecule has 0 radical (unpaired) electrons. The van der Waals surface area contributed by atoms with Crippen LogP contribution in [0.4, 0.5) is 0 Å². The van der Waals surface area contributed by atoms with E-state index < -0.39 is 0 Å². The van der Waals surface area contributed by atoms with Gasteiger partial charge in [0.25, 0.3) is 0 Å². The molecule has 23 heavy (non-hydrogen) atoms. The van der Waals surface area contributed by atoms with E-state index in [0.717, 1.165) is 38.5 Å². The Labute approximate surface area is 144 Å². The molecule has 4 heteroatoms. The first kappa shape index (κ1) is 22.8. The Balaban J connectivity index is 4.58. The molecule has 0 aliphatic heterocycles. The van der Waals surface area contributed by atoms with Crippen molar-refractivity contribution in [2.45, 2.75) is 72.9 Å². The van der Waals surface area contributed by atoms with Gasteiger partial charge in [-0.25, -0.2) is 0 Å². The summed E-state index contributed by atoms with van der Waals surface area (Å²) in [6.07, 6.45) is 3.54. The van der Waals surface area contributed by atoms with Gasteiger partial charge in [-0.15, -0.1) is 0 Å². The molecule has 0 aliphatic rings. The van der Waals surface area contributed by atoms with Crippen LogP contribution in [0.2, 0.25) is 0 Å². The molecule has 0 spiro atoms. The Morgan fingerprint density at radius 3 is 1.48 bits per heavy atom. The van der Waals surface area contributed by atoms with Crippen LogP contribution in [0.3, 0.4) is 0 Å². The van der Waals surface area contributed by atoms with Crippen LogP contribution in [0.1, 0.15) is 60.8 Å². The third-order valence-corrected chi connectivity index (χ3v) is 4.95. The van der Waals surface area contributed by atoms with E-state index in [1.54, 1.807) is 0 Å². The molecule has 4 nitrogen and oxygen atoms in total. The van der Waals surface area contributed by atoms with Gasteiger partial charge in [0.05, 0.1) is 13.2 Å². The lowest BCUT2D eigenvalue weighted by atomic mass is 9.99. The Kier molecular flexibility index (Phi) is 13.1. The lowest BCUT2D eigenvalue weighted by molar-refractivity contribution is 0.0959. The van der Waals surface area contributed by atoms with Crippen LogP contribution in [0, 0.1) is 11.8 Å². The number of aliphatic hydroxyl groups is 2. The van der Waals surface area contributed by atoms with Crippen LogP contribution >= 0.6 is 0 Å². The predicted molar refractivity (Wildman–Crippen MR) is 99.8 cm³/mol. The van der Waals surface area contributed by atoms with Crippen molar-refractivity contribution in [3.63, 3.8) is 0 Å². The fraction of sp³-hybridized carbons (Fsp3) is 1.00. The minimum atomic E-state index is 0.213. The van der Waals surface area contributed by atoms with Gasteiger partial charge in [-0.3, -0.25) is 9.80 Å². The van der Waals surface area contributed by atoms with Gasteiger partial charge in [0.15, 0.2) is 0 Å². The van der Waals surface area contributed by atoms with E-state index in [0.29, 0.717) is 18.0 Å². The van der Waals surface area contributed by atoms with Crippen molar-refractivity contribution >= 4 is 0 Å². The average molecular weight is 331 g/mol. The zero-order valence-electron chi connectivity index (χ0n) is 16.5. The molecule has 0 saturated heterocycles. The molecule has 0 fully saturated rings. The monoisotopic (exact) mass is 330 g/mol. The van der Waals surface area contributed by atoms with E-state index >= 15 is 0 Å².